The lowest BCUT2D eigenvalue weighted by Gasteiger charge is -2.20. The molecule has 5 rings (SSSR count). The van der Waals surface area contributed by atoms with Crippen molar-refractivity contribution in [3.63, 3.8) is 0 Å². The summed E-state index contributed by atoms with van der Waals surface area (Å²) in [4.78, 5) is 4.63. The third-order valence-corrected chi connectivity index (χ3v) is 7.33. The van der Waals surface area contributed by atoms with Crippen molar-refractivity contribution in [1.29, 1.82) is 0 Å². The van der Waals surface area contributed by atoms with E-state index in [2.05, 4.69) is 25.6 Å². The molecule has 3 heterocycles. The second-order valence-corrected chi connectivity index (χ2v) is 10.2. The van der Waals surface area contributed by atoms with Crippen LogP contribution in [0.4, 0.5) is 0 Å². The lowest BCUT2D eigenvalue weighted by atomic mass is 9.98. The molecular formula is C24H23N5O3S. The Kier molecular flexibility index (Phi) is 5.63. The van der Waals surface area contributed by atoms with E-state index in [0.29, 0.717) is 30.2 Å². The SMILES string of the molecule is CCc1cc(OCc2ccc(-c3ccccc3-c3nn[nH]n3)cc2)c2c(n1)CCS(=O)(=O)C2. The molecule has 4 aromatic rings. The largest absolute Gasteiger partial charge is 0.488 e. The van der Waals surface area contributed by atoms with Crippen molar-refractivity contribution >= 4 is 9.84 Å². The summed E-state index contributed by atoms with van der Waals surface area (Å²) in [5, 5.41) is 14.3. The lowest BCUT2D eigenvalue weighted by molar-refractivity contribution is 0.302. The highest BCUT2D eigenvalue weighted by Gasteiger charge is 2.26. The molecule has 0 saturated heterocycles. The van der Waals surface area contributed by atoms with Gasteiger partial charge in [0, 0.05) is 35.0 Å². The summed E-state index contributed by atoms with van der Waals surface area (Å²) in [5.74, 6) is 1.29. The molecular weight excluding hydrogens is 438 g/mol. The number of rotatable bonds is 6. The Bertz CT molecular complexity index is 1380. The van der Waals surface area contributed by atoms with Crippen molar-refractivity contribution in [3.05, 3.63) is 77.1 Å². The normalized spacial score (nSPS) is 14.6. The molecule has 0 atom stereocenters. The van der Waals surface area contributed by atoms with E-state index in [0.717, 1.165) is 40.1 Å². The van der Waals surface area contributed by atoms with Crippen LogP contribution in [0.2, 0.25) is 0 Å². The van der Waals surface area contributed by atoms with Crippen LogP contribution >= 0.6 is 0 Å². The minimum Gasteiger partial charge on any atom is -0.488 e. The molecule has 0 aliphatic carbocycles. The van der Waals surface area contributed by atoms with Crippen molar-refractivity contribution in [2.75, 3.05) is 5.75 Å². The molecule has 9 heteroatoms. The number of pyridine rings is 1. The van der Waals surface area contributed by atoms with Gasteiger partial charge in [-0.3, -0.25) is 4.98 Å². The zero-order valence-electron chi connectivity index (χ0n) is 18.2. The first kappa shape index (κ1) is 21.3. The maximum Gasteiger partial charge on any atom is 0.205 e. The first-order valence-electron chi connectivity index (χ1n) is 10.8. The van der Waals surface area contributed by atoms with Crippen LogP contribution in [-0.2, 0) is 35.0 Å². The zero-order chi connectivity index (χ0) is 22.8. The molecule has 1 aliphatic rings. The first-order chi connectivity index (χ1) is 16.0. The van der Waals surface area contributed by atoms with Crippen molar-refractivity contribution < 1.29 is 13.2 Å². The quantitative estimate of drug-likeness (QED) is 0.467. The Morgan fingerprint density at radius 1 is 1.06 bits per heavy atom. The molecule has 33 heavy (non-hydrogen) atoms. The van der Waals surface area contributed by atoms with Crippen LogP contribution in [0, 0.1) is 0 Å². The average Bonchev–Trinajstić information content (AvgIpc) is 3.37. The van der Waals surface area contributed by atoms with Gasteiger partial charge in [0.2, 0.25) is 5.82 Å². The Morgan fingerprint density at radius 2 is 1.85 bits per heavy atom. The van der Waals surface area contributed by atoms with Gasteiger partial charge in [0.15, 0.2) is 9.84 Å². The fourth-order valence-corrected chi connectivity index (χ4v) is 5.41. The molecule has 0 fully saturated rings. The number of aromatic nitrogens is 5. The zero-order valence-corrected chi connectivity index (χ0v) is 19.0. The lowest BCUT2D eigenvalue weighted by Crippen LogP contribution is -2.21. The van der Waals surface area contributed by atoms with Gasteiger partial charge in [-0.25, -0.2) is 8.42 Å². The van der Waals surface area contributed by atoms with Gasteiger partial charge in [-0.05, 0) is 28.3 Å². The molecule has 1 N–H and O–H groups in total. The number of fused-ring (bicyclic) bond motifs is 1. The predicted molar refractivity (Wildman–Crippen MR) is 124 cm³/mol. The van der Waals surface area contributed by atoms with Crippen molar-refractivity contribution in [3.8, 4) is 28.3 Å². The molecule has 0 radical (unpaired) electrons. The molecule has 8 nitrogen and oxygen atoms in total. The van der Waals surface area contributed by atoms with Crippen molar-refractivity contribution in [1.82, 2.24) is 25.6 Å². The first-order valence-corrected chi connectivity index (χ1v) is 12.6. The van der Waals surface area contributed by atoms with E-state index in [4.69, 9.17) is 4.74 Å². The van der Waals surface area contributed by atoms with Crippen LogP contribution in [-0.4, -0.2) is 39.8 Å². The van der Waals surface area contributed by atoms with E-state index in [1.54, 1.807) is 0 Å². The molecule has 0 amide bonds. The third-order valence-electron chi connectivity index (χ3n) is 5.77. The number of hydrogen-bond acceptors (Lipinski definition) is 7. The smallest absolute Gasteiger partial charge is 0.205 e. The van der Waals surface area contributed by atoms with E-state index < -0.39 is 9.84 Å². The second kappa shape index (κ2) is 8.74. The Hall–Kier alpha value is -3.59. The number of nitrogens with one attached hydrogen (secondary N) is 1. The summed E-state index contributed by atoms with van der Waals surface area (Å²) >= 11 is 0. The number of sulfone groups is 1. The maximum absolute atomic E-state index is 12.2. The summed E-state index contributed by atoms with van der Waals surface area (Å²) in [7, 11) is -3.12. The van der Waals surface area contributed by atoms with Gasteiger partial charge in [0.25, 0.3) is 0 Å². The van der Waals surface area contributed by atoms with E-state index >= 15 is 0 Å². The topological polar surface area (TPSA) is 111 Å². The van der Waals surface area contributed by atoms with Gasteiger partial charge < -0.3 is 4.74 Å². The Morgan fingerprint density at radius 3 is 2.58 bits per heavy atom. The summed E-state index contributed by atoms with van der Waals surface area (Å²) in [6.45, 7) is 2.37. The maximum atomic E-state index is 12.2. The van der Waals surface area contributed by atoms with Crippen LogP contribution in [0.15, 0.2) is 54.6 Å². The van der Waals surface area contributed by atoms with E-state index in [1.807, 2.05) is 61.5 Å². The molecule has 0 bridgehead atoms. The summed E-state index contributed by atoms with van der Waals surface area (Å²) in [6.07, 6.45) is 1.21. The third kappa shape index (κ3) is 4.49. The van der Waals surface area contributed by atoms with E-state index in [9.17, 15) is 8.42 Å². The van der Waals surface area contributed by atoms with E-state index in [-0.39, 0.29) is 11.5 Å². The van der Waals surface area contributed by atoms with Gasteiger partial charge in [-0.1, -0.05) is 55.5 Å². The number of H-pyrrole nitrogens is 1. The highest BCUT2D eigenvalue weighted by Crippen LogP contribution is 2.32. The van der Waals surface area contributed by atoms with E-state index in [1.165, 1.54) is 0 Å². The van der Waals surface area contributed by atoms with Gasteiger partial charge in [0.1, 0.15) is 12.4 Å². The van der Waals surface area contributed by atoms with Crippen molar-refractivity contribution in [2.24, 2.45) is 0 Å². The molecule has 0 spiro atoms. The molecule has 2 aromatic carbocycles. The van der Waals surface area contributed by atoms with Gasteiger partial charge in [0.05, 0.1) is 11.5 Å². The molecule has 168 valence electrons. The average molecular weight is 462 g/mol. The number of benzene rings is 2. The van der Waals surface area contributed by atoms with Crippen LogP contribution in [0.3, 0.4) is 0 Å². The number of hydrogen-bond donors (Lipinski definition) is 1. The van der Waals surface area contributed by atoms with Crippen LogP contribution in [0.25, 0.3) is 22.5 Å². The summed E-state index contributed by atoms with van der Waals surface area (Å²) in [5.41, 5.74) is 6.37. The molecule has 0 unspecified atom stereocenters. The number of aromatic amines is 1. The summed E-state index contributed by atoms with van der Waals surface area (Å²) in [6, 6.07) is 17.8. The van der Waals surface area contributed by atoms with Gasteiger partial charge in [-0.15, -0.1) is 10.2 Å². The molecule has 0 saturated carbocycles. The minimum atomic E-state index is -3.12. The highest BCUT2D eigenvalue weighted by atomic mass is 32.2. The fourth-order valence-electron chi connectivity index (χ4n) is 4.02. The fraction of sp³-hybridized carbons (Fsp3) is 0.250. The molecule has 1 aliphatic heterocycles. The standard InChI is InChI=1S/C24H23N5O3S/c1-2-18-13-23(21-15-33(30,31)12-11-22(21)25-18)32-14-16-7-9-17(10-8-16)19-5-3-4-6-20(19)24-26-28-29-27-24/h3-10,13H,2,11-12,14-15H2,1H3,(H,26,27,28,29). The van der Waals surface area contributed by atoms with Crippen LogP contribution in [0.1, 0.15) is 29.4 Å². The predicted octanol–water partition coefficient (Wildman–Crippen LogP) is 3.54. The monoisotopic (exact) mass is 461 g/mol. The number of tetrazole rings is 1. The second-order valence-electron chi connectivity index (χ2n) is 8.00. The van der Waals surface area contributed by atoms with Crippen molar-refractivity contribution in [2.45, 2.75) is 32.1 Å². The Labute approximate surface area is 192 Å². The number of aryl methyl sites for hydroxylation is 2. The van der Waals surface area contributed by atoms with Gasteiger partial charge in [-0.2, -0.15) is 5.21 Å². The van der Waals surface area contributed by atoms with Crippen LogP contribution < -0.4 is 4.74 Å². The number of nitrogens with zero attached hydrogens (tertiary/aromatic N) is 4. The van der Waals surface area contributed by atoms with Gasteiger partial charge >= 0.3 is 0 Å². The highest BCUT2D eigenvalue weighted by molar-refractivity contribution is 7.90. The Balaban J connectivity index is 1.38. The summed E-state index contributed by atoms with van der Waals surface area (Å²) < 4.78 is 30.5. The number of ether oxygens (including phenoxy) is 1. The molecule has 2 aromatic heterocycles. The minimum absolute atomic E-state index is 0.0134. The van der Waals surface area contributed by atoms with Crippen LogP contribution in [0.5, 0.6) is 5.75 Å².